The lowest BCUT2D eigenvalue weighted by Gasteiger charge is -2.14. The SMILES string of the molecule is OC1CN(Cc2ccc(Cl)c(F)c2)CC1O. The van der Waals surface area contributed by atoms with Crippen molar-refractivity contribution in [2.75, 3.05) is 13.1 Å². The molecule has 16 heavy (non-hydrogen) atoms. The Hall–Kier alpha value is -0.680. The van der Waals surface area contributed by atoms with Gasteiger partial charge in [0.2, 0.25) is 0 Å². The van der Waals surface area contributed by atoms with E-state index >= 15 is 0 Å². The molecule has 0 aromatic heterocycles. The van der Waals surface area contributed by atoms with Gasteiger partial charge in [0.05, 0.1) is 17.2 Å². The highest BCUT2D eigenvalue weighted by atomic mass is 35.5. The summed E-state index contributed by atoms with van der Waals surface area (Å²) in [6.45, 7) is 1.32. The lowest BCUT2D eigenvalue weighted by atomic mass is 10.2. The maximum absolute atomic E-state index is 13.2. The van der Waals surface area contributed by atoms with Gasteiger partial charge in [-0.15, -0.1) is 0 Å². The van der Waals surface area contributed by atoms with Crippen molar-refractivity contribution in [2.45, 2.75) is 18.8 Å². The van der Waals surface area contributed by atoms with E-state index in [0.717, 1.165) is 5.56 Å². The Morgan fingerprint density at radius 2 is 1.94 bits per heavy atom. The summed E-state index contributed by atoms with van der Waals surface area (Å²) in [7, 11) is 0. The zero-order valence-electron chi connectivity index (χ0n) is 8.61. The first-order valence-electron chi connectivity index (χ1n) is 5.08. The van der Waals surface area contributed by atoms with E-state index < -0.39 is 18.0 Å². The summed E-state index contributed by atoms with van der Waals surface area (Å²) in [6, 6.07) is 4.62. The first-order valence-corrected chi connectivity index (χ1v) is 5.46. The molecule has 0 spiro atoms. The molecule has 2 unspecified atom stereocenters. The molecule has 1 aliphatic heterocycles. The maximum Gasteiger partial charge on any atom is 0.142 e. The fourth-order valence-corrected chi connectivity index (χ4v) is 1.99. The molecule has 88 valence electrons. The van der Waals surface area contributed by atoms with Gasteiger partial charge >= 0.3 is 0 Å². The zero-order chi connectivity index (χ0) is 11.7. The van der Waals surface area contributed by atoms with E-state index in [1.807, 2.05) is 4.90 Å². The third kappa shape index (κ3) is 2.52. The Kier molecular flexibility index (Phi) is 3.44. The van der Waals surface area contributed by atoms with Gasteiger partial charge in [-0.3, -0.25) is 4.90 Å². The molecular formula is C11H13ClFNO2. The largest absolute Gasteiger partial charge is 0.389 e. The van der Waals surface area contributed by atoms with E-state index in [1.165, 1.54) is 12.1 Å². The summed E-state index contributed by atoms with van der Waals surface area (Å²) in [5, 5.41) is 18.8. The van der Waals surface area contributed by atoms with Gasteiger partial charge in [-0.1, -0.05) is 17.7 Å². The summed E-state index contributed by atoms with van der Waals surface area (Å²) < 4.78 is 13.2. The van der Waals surface area contributed by atoms with Crippen molar-refractivity contribution in [3.63, 3.8) is 0 Å². The second-order valence-electron chi connectivity index (χ2n) is 4.08. The minimum Gasteiger partial charge on any atom is -0.389 e. The first kappa shape index (κ1) is 11.8. The number of β-amino-alcohol motifs (C(OH)–C–C–N with tert-alkyl or cyclic N) is 2. The Labute approximate surface area is 98.1 Å². The zero-order valence-corrected chi connectivity index (χ0v) is 9.36. The van der Waals surface area contributed by atoms with Crippen LogP contribution in [0.3, 0.4) is 0 Å². The summed E-state index contributed by atoms with van der Waals surface area (Å²) in [5.41, 5.74) is 0.781. The van der Waals surface area contributed by atoms with Crippen LogP contribution in [0, 0.1) is 5.82 Å². The van der Waals surface area contributed by atoms with Crippen molar-refractivity contribution in [3.8, 4) is 0 Å². The molecular weight excluding hydrogens is 233 g/mol. The molecule has 1 heterocycles. The minimum atomic E-state index is -0.711. The number of hydrogen-bond acceptors (Lipinski definition) is 3. The van der Waals surface area contributed by atoms with Crippen molar-refractivity contribution in [3.05, 3.63) is 34.6 Å². The highest BCUT2D eigenvalue weighted by molar-refractivity contribution is 6.30. The van der Waals surface area contributed by atoms with Crippen LogP contribution in [0.15, 0.2) is 18.2 Å². The Morgan fingerprint density at radius 3 is 2.50 bits per heavy atom. The lowest BCUT2D eigenvalue weighted by Crippen LogP contribution is -2.22. The number of hydrogen-bond donors (Lipinski definition) is 2. The van der Waals surface area contributed by atoms with E-state index in [2.05, 4.69) is 0 Å². The molecule has 1 saturated heterocycles. The van der Waals surface area contributed by atoms with E-state index in [4.69, 9.17) is 11.6 Å². The summed E-state index contributed by atoms with van der Waals surface area (Å²) >= 11 is 5.58. The van der Waals surface area contributed by atoms with Crippen LogP contribution >= 0.6 is 11.6 Å². The molecule has 1 aliphatic rings. The van der Waals surface area contributed by atoms with Crippen molar-refractivity contribution < 1.29 is 14.6 Å². The molecule has 5 heteroatoms. The quantitative estimate of drug-likeness (QED) is 0.818. The van der Waals surface area contributed by atoms with Crippen molar-refractivity contribution in [1.29, 1.82) is 0 Å². The molecule has 2 rings (SSSR count). The van der Waals surface area contributed by atoms with Crippen LogP contribution in [0.2, 0.25) is 5.02 Å². The topological polar surface area (TPSA) is 43.7 Å². The van der Waals surface area contributed by atoms with Gasteiger partial charge < -0.3 is 10.2 Å². The number of halogens is 2. The molecule has 0 bridgehead atoms. The monoisotopic (exact) mass is 245 g/mol. The van der Waals surface area contributed by atoms with Crippen molar-refractivity contribution in [2.24, 2.45) is 0 Å². The fraction of sp³-hybridized carbons (Fsp3) is 0.455. The van der Waals surface area contributed by atoms with Crippen LogP contribution in [-0.4, -0.2) is 40.4 Å². The van der Waals surface area contributed by atoms with Gasteiger partial charge in [-0.2, -0.15) is 0 Å². The highest BCUT2D eigenvalue weighted by Gasteiger charge is 2.29. The summed E-state index contributed by atoms with van der Waals surface area (Å²) in [4.78, 5) is 1.87. The second-order valence-corrected chi connectivity index (χ2v) is 4.48. The Bertz CT molecular complexity index is 378. The summed E-state index contributed by atoms with van der Waals surface area (Å²) in [5.74, 6) is -0.445. The lowest BCUT2D eigenvalue weighted by molar-refractivity contribution is 0.0572. The van der Waals surface area contributed by atoms with E-state index in [9.17, 15) is 14.6 Å². The molecule has 1 fully saturated rings. The smallest absolute Gasteiger partial charge is 0.142 e. The molecule has 0 radical (unpaired) electrons. The van der Waals surface area contributed by atoms with Gasteiger partial charge in [-0.05, 0) is 17.7 Å². The average molecular weight is 246 g/mol. The highest BCUT2D eigenvalue weighted by Crippen LogP contribution is 2.18. The fourth-order valence-electron chi connectivity index (χ4n) is 1.87. The van der Waals surface area contributed by atoms with Gasteiger partial charge in [0.1, 0.15) is 5.82 Å². The van der Waals surface area contributed by atoms with Crippen LogP contribution < -0.4 is 0 Å². The first-order chi connectivity index (χ1) is 7.56. The normalized spacial score (nSPS) is 26.2. The molecule has 2 N–H and O–H groups in total. The number of likely N-dealkylation sites (tertiary alicyclic amines) is 1. The van der Waals surface area contributed by atoms with Gasteiger partial charge in [0, 0.05) is 19.6 Å². The molecule has 3 nitrogen and oxygen atoms in total. The third-order valence-corrected chi connectivity index (χ3v) is 3.03. The van der Waals surface area contributed by atoms with Crippen molar-refractivity contribution in [1.82, 2.24) is 4.90 Å². The van der Waals surface area contributed by atoms with Crippen LogP contribution in [-0.2, 0) is 6.54 Å². The van der Waals surface area contributed by atoms with Gasteiger partial charge in [0.15, 0.2) is 0 Å². The minimum absolute atomic E-state index is 0.102. The predicted molar refractivity (Wildman–Crippen MR) is 58.7 cm³/mol. The molecule has 1 aromatic rings. The molecule has 0 aliphatic carbocycles. The van der Waals surface area contributed by atoms with Crippen LogP contribution in [0.1, 0.15) is 5.56 Å². The molecule has 0 amide bonds. The van der Waals surface area contributed by atoms with Crippen molar-refractivity contribution >= 4 is 11.6 Å². The predicted octanol–water partition coefficient (Wildman–Crippen LogP) is 1.02. The standard InChI is InChI=1S/C11H13ClFNO2/c12-8-2-1-7(3-9(8)13)4-14-5-10(15)11(16)6-14/h1-3,10-11,15-16H,4-6H2. The Morgan fingerprint density at radius 1 is 1.31 bits per heavy atom. The maximum atomic E-state index is 13.2. The van der Waals surface area contributed by atoms with Gasteiger partial charge in [-0.25, -0.2) is 4.39 Å². The van der Waals surface area contributed by atoms with Crippen LogP contribution in [0.25, 0.3) is 0 Å². The number of aliphatic hydroxyl groups is 2. The van der Waals surface area contributed by atoms with Crippen LogP contribution in [0.4, 0.5) is 4.39 Å². The summed E-state index contributed by atoms with van der Waals surface area (Å²) in [6.07, 6.45) is -1.42. The second kappa shape index (κ2) is 4.67. The van der Waals surface area contributed by atoms with E-state index in [1.54, 1.807) is 6.07 Å². The van der Waals surface area contributed by atoms with E-state index in [0.29, 0.717) is 19.6 Å². The number of rotatable bonds is 2. The third-order valence-electron chi connectivity index (χ3n) is 2.72. The van der Waals surface area contributed by atoms with Gasteiger partial charge in [0.25, 0.3) is 0 Å². The van der Waals surface area contributed by atoms with E-state index in [-0.39, 0.29) is 5.02 Å². The molecule has 2 atom stereocenters. The number of benzene rings is 1. The van der Waals surface area contributed by atoms with Crippen LogP contribution in [0.5, 0.6) is 0 Å². The Balaban J connectivity index is 2.02. The average Bonchev–Trinajstić information content (AvgIpc) is 2.52. The number of nitrogens with zero attached hydrogens (tertiary/aromatic N) is 1. The molecule has 1 aromatic carbocycles. The molecule has 0 saturated carbocycles. The number of aliphatic hydroxyl groups excluding tert-OH is 2.